The number of aromatic nitrogens is 3. The van der Waals surface area contributed by atoms with Crippen LogP contribution < -0.4 is 5.32 Å². The Balaban J connectivity index is 2.28. The summed E-state index contributed by atoms with van der Waals surface area (Å²) in [5, 5.41) is 7.06. The van der Waals surface area contributed by atoms with Gasteiger partial charge in [0.1, 0.15) is 5.82 Å². The number of pyridine rings is 1. The van der Waals surface area contributed by atoms with Crippen LogP contribution in [-0.4, -0.2) is 14.8 Å². The zero-order valence-corrected chi connectivity index (χ0v) is 10.5. The van der Waals surface area contributed by atoms with Crippen LogP contribution >= 0.6 is 0 Å². The first kappa shape index (κ1) is 13.4. The van der Waals surface area contributed by atoms with Crippen LogP contribution in [0.4, 0.5) is 24.7 Å². The van der Waals surface area contributed by atoms with Crippen molar-refractivity contribution < 1.29 is 13.2 Å². The van der Waals surface area contributed by atoms with Crippen LogP contribution in [0.1, 0.15) is 18.2 Å². The second kappa shape index (κ2) is 4.91. The second-order valence-corrected chi connectivity index (χ2v) is 4.07. The Labute approximate surface area is 108 Å². The molecule has 1 N–H and O–H groups in total. The monoisotopic (exact) mass is 270 g/mol. The second-order valence-electron chi connectivity index (χ2n) is 4.07. The number of hydrogen-bond donors (Lipinski definition) is 1. The molecule has 19 heavy (non-hydrogen) atoms. The topological polar surface area (TPSA) is 42.7 Å². The molecule has 2 aromatic heterocycles. The minimum Gasteiger partial charge on any atom is -0.337 e. The minimum absolute atomic E-state index is 0.150. The van der Waals surface area contributed by atoms with Gasteiger partial charge >= 0.3 is 6.18 Å². The maximum Gasteiger partial charge on any atom is 0.416 e. The molecule has 0 spiro atoms. The summed E-state index contributed by atoms with van der Waals surface area (Å²) in [6.07, 6.45) is -0.849. The van der Waals surface area contributed by atoms with Crippen LogP contribution in [0.3, 0.4) is 0 Å². The molecule has 0 radical (unpaired) electrons. The van der Waals surface area contributed by atoms with Crippen LogP contribution in [0.25, 0.3) is 0 Å². The van der Waals surface area contributed by atoms with Gasteiger partial charge in [0.05, 0.1) is 16.9 Å². The van der Waals surface area contributed by atoms with Crippen LogP contribution in [0.2, 0.25) is 0 Å². The van der Waals surface area contributed by atoms with E-state index in [-0.39, 0.29) is 5.82 Å². The lowest BCUT2D eigenvalue weighted by molar-refractivity contribution is -0.137. The summed E-state index contributed by atoms with van der Waals surface area (Å²) in [5.41, 5.74) is 0.713. The first-order valence-corrected chi connectivity index (χ1v) is 5.73. The van der Waals surface area contributed by atoms with E-state index in [1.807, 2.05) is 6.92 Å². The van der Waals surface area contributed by atoms with Crippen molar-refractivity contribution in [2.45, 2.75) is 19.5 Å². The molecule has 4 nitrogen and oxygen atoms in total. The van der Waals surface area contributed by atoms with Gasteiger partial charge in [-0.2, -0.15) is 18.3 Å². The number of hydrogen-bond acceptors (Lipinski definition) is 3. The SMILES string of the molecule is CCc1nn(C)cc1Nc1cc(C(F)(F)F)ccn1. The Kier molecular flexibility index (Phi) is 3.46. The number of nitrogens with one attached hydrogen (secondary N) is 1. The molecule has 0 atom stereocenters. The van der Waals surface area contributed by atoms with E-state index in [1.54, 1.807) is 17.9 Å². The van der Waals surface area contributed by atoms with Gasteiger partial charge < -0.3 is 5.32 Å². The number of alkyl halides is 3. The third-order valence-corrected chi connectivity index (χ3v) is 2.59. The molecular weight excluding hydrogens is 257 g/mol. The maximum atomic E-state index is 12.6. The van der Waals surface area contributed by atoms with E-state index in [1.165, 1.54) is 0 Å². The third-order valence-electron chi connectivity index (χ3n) is 2.59. The molecular formula is C12H13F3N4. The summed E-state index contributed by atoms with van der Waals surface area (Å²) in [7, 11) is 1.75. The number of anilines is 2. The van der Waals surface area contributed by atoms with Crippen LogP contribution in [0, 0.1) is 0 Å². The molecule has 0 aliphatic rings. The van der Waals surface area contributed by atoms with Gasteiger partial charge in [-0.05, 0) is 18.6 Å². The Hall–Kier alpha value is -2.05. The average Bonchev–Trinajstić information content (AvgIpc) is 2.69. The Morgan fingerprint density at radius 3 is 2.74 bits per heavy atom. The van der Waals surface area contributed by atoms with Gasteiger partial charge in [-0.15, -0.1) is 0 Å². The van der Waals surface area contributed by atoms with Gasteiger partial charge in [-0.1, -0.05) is 6.92 Å². The predicted octanol–water partition coefficient (Wildman–Crippen LogP) is 3.14. The standard InChI is InChI=1S/C12H13F3N4/c1-3-9-10(7-19(2)18-9)17-11-6-8(4-5-16-11)12(13,14)15/h4-7H,3H2,1-2H3,(H,16,17). The van der Waals surface area contributed by atoms with E-state index in [4.69, 9.17) is 0 Å². The fourth-order valence-corrected chi connectivity index (χ4v) is 1.71. The van der Waals surface area contributed by atoms with Crippen molar-refractivity contribution in [3.63, 3.8) is 0 Å². The van der Waals surface area contributed by atoms with E-state index >= 15 is 0 Å². The lowest BCUT2D eigenvalue weighted by atomic mass is 10.2. The van der Waals surface area contributed by atoms with E-state index in [9.17, 15) is 13.2 Å². The van der Waals surface area contributed by atoms with Crippen molar-refractivity contribution in [3.8, 4) is 0 Å². The summed E-state index contributed by atoms with van der Waals surface area (Å²) < 4.78 is 39.4. The summed E-state index contributed by atoms with van der Waals surface area (Å²) in [4.78, 5) is 3.88. The molecule has 2 heterocycles. The van der Waals surface area contributed by atoms with Crippen molar-refractivity contribution in [3.05, 3.63) is 35.8 Å². The van der Waals surface area contributed by atoms with Gasteiger partial charge in [0.25, 0.3) is 0 Å². The van der Waals surface area contributed by atoms with Crippen LogP contribution in [0.15, 0.2) is 24.5 Å². The third kappa shape index (κ3) is 3.04. The van der Waals surface area contributed by atoms with Crippen molar-refractivity contribution in [1.82, 2.24) is 14.8 Å². The van der Waals surface area contributed by atoms with Gasteiger partial charge in [-0.3, -0.25) is 4.68 Å². The fourth-order valence-electron chi connectivity index (χ4n) is 1.71. The Morgan fingerprint density at radius 2 is 2.11 bits per heavy atom. The Morgan fingerprint density at radius 1 is 1.37 bits per heavy atom. The largest absolute Gasteiger partial charge is 0.416 e. The molecule has 0 aliphatic heterocycles. The first-order chi connectivity index (χ1) is 8.90. The van der Waals surface area contributed by atoms with Gasteiger partial charge in [0, 0.05) is 19.4 Å². The minimum atomic E-state index is -4.37. The first-order valence-electron chi connectivity index (χ1n) is 5.73. The van der Waals surface area contributed by atoms with Gasteiger partial charge in [-0.25, -0.2) is 4.98 Å². The Bertz CT molecular complexity index is 575. The quantitative estimate of drug-likeness (QED) is 0.931. The normalized spacial score (nSPS) is 11.6. The summed E-state index contributed by atoms with van der Waals surface area (Å²) >= 11 is 0. The highest BCUT2D eigenvalue weighted by Gasteiger charge is 2.30. The molecule has 0 fully saturated rings. The number of rotatable bonds is 3. The summed E-state index contributed by atoms with van der Waals surface area (Å²) in [6, 6.07) is 1.92. The van der Waals surface area contributed by atoms with Crippen molar-refractivity contribution >= 4 is 11.5 Å². The molecule has 0 amide bonds. The highest BCUT2D eigenvalue weighted by Crippen LogP contribution is 2.30. The molecule has 0 saturated heterocycles. The summed E-state index contributed by atoms with van der Waals surface area (Å²) in [6.45, 7) is 1.92. The molecule has 0 aromatic carbocycles. The van der Waals surface area contributed by atoms with E-state index in [2.05, 4.69) is 15.4 Å². The smallest absolute Gasteiger partial charge is 0.337 e. The molecule has 102 valence electrons. The summed E-state index contributed by atoms with van der Waals surface area (Å²) in [5.74, 6) is 0.150. The molecule has 2 aromatic rings. The maximum absolute atomic E-state index is 12.6. The van der Waals surface area contributed by atoms with Crippen molar-refractivity contribution in [2.24, 2.45) is 7.05 Å². The predicted molar refractivity (Wildman–Crippen MR) is 65.1 cm³/mol. The average molecular weight is 270 g/mol. The van der Waals surface area contributed by atoms with E-state index in [0.717, 1.165) is 24.0 Å². The number of aryl methyl sites for hydroxylation is 2. The molecule has 0 saturated carbocycles. The molecule has 2 rings (SSSR count). The van der Waals surface area contributed by atoms with Crippen molar-refractivity contribution in [1.29, 1.82) is 0 Å². The van der Waals surface area contributed by atoms with Crippen molar-refractivity contribution in [2.75, 3.05) is 5.32 Å². The van der Waals surface area contributed by atoms with E-state index in [0.29, 0.717) is 12.1 Å². The van der Waals surface area contributed by atoms with Gasteiger partial charge in [0.2, 0.25) is 0 Å². The molecule has 0 bridgehead atoms. The molecule has 7 heteroatoms. The zero-order chi connectivity index (χ0) is 14.0. The fraction of sp³-hybridized carbons (Fsp3) is 0.333. The lowest BCUT2D eigenvalue weighted by Crippen LogP contribution is -2.06. The zero-order valence-electron chi connectivity index (χ0n) is 10.5. The highest BCUT2D eigenvalue weighted by atomic mass is 19.4. The number of halogens is 3. The van der Waals surface area contributed by atoms with E-state index < -0.39 is 11.7 Å². The molecule has 0 aliphatic carbocycles. The van der Waals surface area contributed by atoms with Crippen LogP contribution in [0.5, 0.6) is 0 Å². The van der Waals surface area contributed by atoms with Gasteiger partial charge in [0.15, 0.2) is 0 Å². The highest BCUT2D eigenvalue weighted by molar-refractivity contribution is 5.58. The molecule has 0 unspecified atom stereocenters. The number of nitrogens with zero attached hydrogens (tertiary/aromatic N) is 3. The van der Waals surface area contributed by atoms with Crippen LogP contribution in [-0.2, 0) is 19.6 Å². The lowest BCUT2D eigenvalue weighted by Gasteiger charge is -2.09.